The van der Waals surface area contributed by atoms with Crippen LogP contribution in [0.25, 0.3) is 0 Å². The number of hydrogen-bond acceptors (Lipinski definition) is 18. The van der Waals surface area contributed by atoms with Crippen molar-refractivity contribution in [2.45, 2.75) is 261 Å². The Balaban J connectivity index is 0.000000207. The van der Waals surface area contributed by atoms with E-state index in [9.17, 15) is 73.6 Å². The Hall–Kier alpha value is -7.62. The molecule has 12 rings (SSSR count). The number of hydrogen-bond donors (Lipinski definition) is 2. The van der Waals surface area contributed by atoms with Gasteiger partial charge in [-0.1, -0.05) is 74.3 Å². The van der Waals surface area contributed by atoms with Crippen LogP contribution < -0.4 is 9.44 Å². The molecule has 0 bridgehead atoms. The van der Waals surface area contributed by atoms with E-state index >= 15 is 0 Å². The number of sulfonamides is 2. The summed E-state index contributed by atoms with van der Waals surface area (Å²) in [5.74, 6) is -7.45. The molecule has 2 aromatic carbocycles. The van der Waals surface area contributed by atoms with Gasteiger partial charge in [0.1, 0.15) is 35.0 Å². The highest BCUT2D eigenvalue weighted by Gasteiger charge is 2.64. The average Bonchev–Trinajstić information content (AvgIpc) is 1.57. The minimum Gasteiger partial charge on any atom is -0.460 e. The van der Waals surface area contributed by atoms with Crippen molar-refractivity contribution in [1.29, 1.82) is 0 Å². The number of halogens is 2. The normalized spacial score (nSPS) is 29.3. The molecule has 4 aliphatic carbocycles. The summed E-state index contributed by atoms with van der Waals surface area (Å²) in [4.78, 5) is 143. The fraction of sp³-hybridized carbons (Fsp3) is 0.653. The molecule has 4 saturated carbocycles. The van der Waals surface area contributed by atoms with Gasteiger partial charge >= 0.3 is 24.1 Å². The Morgan fingerprint density at radius 1 is 0.563 bits per heavy atom. The van der Waals surface area contributed by atoms with E-state index in [1.165, 1.54) is 31.7 Å². The molecule has 10 atom stereocenters. The van der Waals surface area contributed by atoms with E-state index in [4.69, 9.17) is 18.9 Å². The third kappa shape index (κ3) is 18.0. The second-order valence-corrected chi connectivity index (χ2v) is 36.5. The maximum absolute atomic E-state index is 14.4. The fourth-order valence-corrected chi connectivity index (χ4v) is 18.1. The van der Waals surface area contributed by atoms with Gasteiger partial charge < -0.3 is 28.7 Å². The van der Waals surface area contributed by atoms with E-state index in [2.05, 4.69) is 9.44 Å². The molecule has 0 radical (unpaired) electrons. The SMILES string of the molecule is CC(C)(C)OC(=O)C[C@H]1CCCCC/C=C\[C@@H]2C[C@@]2(C(=O)NS(=O)(=O)C2(C)CC2)CC(=O)[C@@H]2C[C@@H](OC(=O)N3Cc4cccc(F)c4C3)CN2C1=O.CC(C)(C)OC(=O)C[C@H]1CCCCC/C=C\[C@@H]2C[C@@]2(C(=O)NS(=O)(=O)C2CC2)CC(=O)[C@@H]2C[C@@H](OC(=O)N3Cc4cccc(F)c4C3)CN2C1=O. The van der Waals surface area contributed by atoms with Gasteiger partial charge in [-0.2, -0.15) is 0 Å². The molecule has 0 spiro atoms. The fourth-order valence-electron chi connectivity index (χ4n) is 15.4. The van der Waals surface area contributed by atoms with Gasteiger partial charge in [0.25, 0.3) is 0 Å². The minimum atomic E-state index is -3.97. The summed E-state index contributed by atoms with van der Waals surface area (Å²) in [5, 5.41) is -0.622. The molecule has 6 aliphatic heterocycles. The number of carbonyl (C=O) groups is 10. The van der Waals surface area contributed by atoms with Crippen LogP contribution in [0.4, 0.5) is 18.4 Å². The van der Waals surface area contributed by atoms with Gasteiger partial charge in [0.15, 0.2) is 11.6 Å². The molecule has 2 N–H and O–H groups in total. The Labute approximate surface area is 601 Å². The molecule has 2 saturated heterocycles. The first-order valence-corrected chi connectivity index (χ1v) is 39.5. The van der Waals surface area contributed by atoms with Crippen LogP contribution in [-0.4, -0.2) is 154 Å². The number of rotatable bonds is 12. The van der Waals surface area contributed by atoms with Gasteiger partial charge in [-0.3, -0.25) is 57.6 Å². The summed E-state index contributed by atoms with van der Waals surface area (Å²) in [7, 11) is -7.84. The Morgan fingerprint density at radius 2 is 0.981 bits per heavy atom. The monoisotopic (exact) mass is 1470 g/mol. The van der Waals surface area contributed by atoms with E-state index in [0.717, 1.165) is 25.7 Å². The van der Waals surface area contributed by atoms with Crippen molar-refractivity contribution in [3.63, 3.8) is 0 Å². The van der Waals surface area contributed by atoms with Gasteiger partial charge in [0.2, 0.25) is 43.7 Å². The summed E-state index contributed by atoms with van der Waals surface area (Å²) in [6.45, 7) is 12.1. The lowest BCUT2D eigenvalue weighted by Crippen LogP contribution is -2.47. The number of benzene rings is 2. The lowest BCUT2D eigenvalue weighted by molar-refractivity contribution is -0.159. The number of ketones is 2. The average molecular weight is 1470 g/mol. The molecule has 10 aliphatic rings. The third-order valence-corrected chi connectivity index (χ3v) is 25.8. The number of ether oxygens (including phenoxy) is 4. The van der Waals surface area contributed by atoms with Crippen LogP contribution in [0.2, 0.25) is 0 Å². The predicted molar refractivity (Wildman–Crippen MR) is 370 cm³/mol. The summed E-state index contributed by atoms with van der Waals surface area (Å²) in [5.41, 5.74) is -1.99. The predicted octanol–water partition coefficient (Wildman–Crippen LogP) is 9.77. The van der Waals surface area contributed by atoms with Crippen LogP contribution in [-0.2, 0) is 104 Å². The van der Waals surface area contributed by atoms with Crippen molar-refractivity contribution >= 4 is 79.4 Å². The van der Waals surface area contributed by atoms with Gasteiger partial charge in [-0.25, -0.2) is 35.2 Å². The highest BCUT2D eigenvalue weighted by atomic mass is 32.2. The number of Topliss-reactive ketones (excluding diaryl/α,β-unsaturated/α-hetero) is 2. The molecule has 6 fully saturated rings. The molecule has 6 heterocycles. The molecule has 0 aromatic heterocycles. The van der Waals surface area contributed by atoms with Gasteiger partial charge in [0.05, 0.1) is 71.9 Å². The van der Waals surface area contributed by atoms with Crippen LogP contribution in [0.15, 0.2) is 60.7 Å². The molecule has 28 heteroatoms. The van der Waals surface area contributed by atoms with Crippen molar-refractivity contribution in [3.8, 4) is 0 Å². The van der Waals surface area contributed by atoms with Crippen LogP contribution >= 0.6 is 0 Å². The van der Waals surface area contributed by atoms with Crippen LogP contribution in [0.1, 0.15) is 212 Å². The zero-order valence-electron chi connectivity index (χ0n) is 60.0. The van der Waals surface area contributed by atoms with E-state index < -0.39 is 159 Å². The number of amides is 6. The summed E-state index contributed by atoms with van der Waals surface area (Å²) >= 11 is 0. The van der Waals surface area contributed by atoms with Crippen molar-refractivity contribution in [2.24, 2.45) is 34.5 Å². The maximum Gasteiger partial charge on any atom is 0.410 e. The zero-order chi connectivity index (χ0) is 74.4. The molecule has 103 heavy (non-hydrogen) atoms. The molecule has 562 valence electrons. The van der Waals surface area contributed by atoms with Gasteiger partial charge in [-0.05, 0) is 161 Å². The molecule has 24 nitrogen and oxygen atoms in total. The van der Waals surface area contributed by atoms with Crippen LogP contribution in [0, 0.1) is 46.1 Å². The largest absolute Gasteiger partial charge is 0.460 e. The maximum atomic E-state index is 14.4. The second-order valence-electron chi connectivity index (χ2n) is 32.3. The lowest BCUT2D eigenvalue weighted by Gasteiger charge is -2.29. The minimum absolute atomic E-state index is 0.0189. The molecule has 2 aromatic rings. The highest BCUT2D eigenvalue weighted by Crippen LogP contribution is 2.59. The van der Waals surface area contributed by atoms with Crippen LogP contribution in [0.3, 0.4) is 0 Å². The van der Waals surface area contributed by atoms with E-state index in [1.807, 2.05) is 24.3 Å². The first-order chi connectivity index (χ1) is 48.5. The number of nitrogens with one attached hydrogen (secondary N) is 2. The van der Waals surface area contributed by atoms with Crippen molar-refractivity contribution < 1.29 is 92.5 Å². The Morgan fingerprint density at radius 3 is 1.37 bits per heavy atom. The number of esters is 2. The van der Waals surface area contributed by atoms with E-state index in [-0.39, 0.29) is 102 Å². The van der Waals surface area contributed by atoms with E-state index in [1.54, 1.807) is 72.7 Å². The molecular formula is C75H98F2N6O18S2. The summed E-state index contributed by atoms with van der Waals surface area (Å²) in [6.07, 6.45) is 12.4. The van der Waals surface area contributed by atoms with Crippen molar-refractivity contribution in [2.75, 3.05) is 13.1 Å². The summed E-state index contributed by atoms with van der Waals surface area (Å²) < 4.78 is 107. The Kier molecular flexibility index (Phi) is 22.4. The zero-order valence-corrected chi connectivity index (χ0v) is 61.6. The second kappa shape index (κ2) is 30.1. The van der Waals surface area contributed by atoms with E-state index in [0.29, 0.717) is 86.5 Å². The standard InChI is InChI=1S/C38H50FN3O9S.C37H48FN3O9S/c1-36(2,3)51-32(44)17-24-11-8-6-5-7-9-13-26-19-38(26,34(46)40-52(48,49)37(4)15-16-37)20-31(43)30-18-27(22-42(30)33(24)45)50-35(47)41-21-25-12-10-14-29(39)28(25)23-41;1-36(2,3)50-32(43)16-23-10-7-5-4-6-8-12-25-18-37(25,34(45)39-51(47,48)27-14-15-27)19-31(42)30-17-26(21-41(30)33(23)44)49-35(46)40-20-24-11-9-13-29(38)28(24)22-40/h9-10,12-14,24,26-27,30H,5-8,11,15-23H2,1-4H3,(H,40,46);8-9,11-13,23,25-27,30H,4-7,10,14-22H2,1-3H3,(H,39,45)/b13-9-;12-8-/t24-,26-,27-,30+,38-;23-,25-,26-,30+,37-/m11/s1. The molecule has 6 amide bonds. The lowest BCUT2D eigenvalue weighted by atomic mass is 9.90. The first kappa shape index (κ1) is 76.5. The highest BCUT2D eigenvalue weighted by molar-refractivity contribution is 7.91. The van der Waals surface area contributed by atoms with Crippen LogP contribution in [0.5, 0.6) is 0 Å². The topological polar surface area (TPSA) is 313 Å². The Bertz CT molecular complexity index is 3990. The van der Waals surface area contributed by atoms with Crippen molar-refractivity contribution in [3.05, 3.63) is 94.6 Å². The van der Waals surface area contributed by atoms with Gasteiger partial charge in [-0.15, -0.1) is 0 Å². The first-order valence-electron chi connectivity index (χ1n) is 36.5. The number of fused-ring (bicyclic) bond motifs is 6. The molecular weight excluding hydrogens is 1370 g/mol. The smallest absolute Gasteiger partial charge is 0.410 e. The summed E-state index contributed by atoms with van der Waals surface area (Å²) in [6, 6.07) is 7.12. The number of carbonyl (C=O) groups excluding carboxylic acids is 10. The third-order valence-electron chi connectivity index (χ3n) is 21.9. The number of allylic oxidation sites excluding steroid dienone is 4. The quantitative estimate of drug-likeness (QED) is 0.113. The number of nitrogens with zero attached hydrogens (tertiary/aromatic N) is 4. The van der Waals surface area contributed by atoms with Crippen molar-refractivity contribution in [1.82, 2.24) is 29.0 Å². The van der Waals surface area contributed by atoms with Gasteiger partial charge in [0, 0.05) is 61.7 Å². The molecule has 0 unspecified atom stereocenters.